The molecule has 5 rings (SSSR count). The quantitative estimate of drug-likeness (QED) is 0.301. The van der Waals surface area contributed by atoms with E-state index in [4.69, 9.17) is 23.2 Å². The van der Waals surface area contributed by atoms with E-state index in [0.29, 0.717) is 26.9 Å². The second-order valence-electron chi connectivity index (χ2n) is 8.96. The maximum absolute atomic E-state index is 14.3. The number of fused-ring (bicyclic) bond motifs is 1. The van der Waals surface area contributed by atoms with Crippen molar-refractivity contribution in [3.63, 3.8) is 0 Å². The smallest absolute Gasteiger partial charge is 0.257 e. The number of carbonyl (C=O) groups excluding carboxylic acids is 2. The molecule has 4 aromatic carbocycles. The Balaban J connectivity index is 1.66. The third-order valence-electron chi connectivity index (χ3n) is 6.68. The van der Waals surface area contributed by atoms with Gasteiger partial charge in [0.1, 0.15) is 6.04 Å². The standard InChI is InChI=1S/C30H24Cl2N2O2/c1-18-5-3-4-6-25(18)22-11-16-27-26(17-22)30(36)34(19(2)20-7-12-23(31)13-8-20)28(29(35)33-27)21-9-14-24(32)15-10-21/h3-17,19,28H,1-2H3,(H,33,35)/t19-,28+/m1/s1. The van der Waals surface area contributed by atoms with Crippen LogP contribution in [0.2, 0.25) is 10.0 Å². The lowest BCUT2D eigenvalue weighted by Crippen LogP contribution is -2.40. The summed E-state index contributed by atoms with van der Waals surface area (Å²) in [6, 6.07) is 26.8. The molecular formula is C30H24Cl2N2O2. The highest BCUT2D eigenvalue weighted by Crippen LogP contribution is 2.39. The maximum Gasteiger partial charge on any atom is 0.257 e. The number of amides is 2. The van der Waals surface area contributed by atoms with Gasteiger partial charge in [-0.25, -0.2) is 0 Å². The van der Waals surface area contributed by atoms with Gasteiger partial charge in [0.15, 0.2) is 0 Å². The highest BCUT2D eigenvalue weighted by molar-refractivity contribution is 6.30. The number of nitrogens with one attached hydrogen (secondary N) is 1. The minimum atomic E-state index is -0.852. The molecule has 1 aliphatic heterocycles. The number of rotatable bonds is 4. The number of halogens is 2. The third-order valence-corrected chi connectivity index (χ3v) is 7.18. The number of benzene rings is 4. The van der Waals surface area contributed by atoms with Crippen molar-refractivity contribution in [2.45, 2.75) is 25.9 Å². The molecule has 6 heteroatoms. The fraction of sp³-hybridized carbons (Fsp3) is 0.133. The Morgan fingerprint density at radius 2 is 1.44 bits per heavy atom. The molecule has 0 aromatic heterocycles. The zero-order valence-corrected chi connectivity index (χ0v) is 21.3. The number of anilines is 1. The fourth-order valence-corrected chi connectivity index (χ4v) is 4.99. The van der Waals surface area contributed by atoms with Crippen LogP contribution in [0.4, 0.5) is 5.69 Å². The second-order valence-corrected chi connectivity index (χ2v) is 9.83. The van der Waals surface area contributed by atoms with Gasteiger partial charge in [0.05, 0.1) is 17.3 Å². The first kappa shape index (κ1) is 24.1. The van der Waals surface area contributed by atoms with Gasteiger partial charge in [0.25, 0.3) is 11.8 Å². The van der Waals surface area contributed by atoms with E-state index in [9.17, 15) is 9.59 Å². The minimum Gasteiger partial charge on any atom is -0.323 e. The van der Waals surface area contributed by atoms with E-state index in [1.165, 1.54) is 0 Å². The average Bonchev–Trinajstić information content (AvgIpc) is 2.98. The SMILES string of the molecule is Cc1ccccc1-c1ccc2c(c1)C(=O)N([C@H](C)c1ccc(Cl)cc1)[C@@H](c1ccc(Cl)cc1)C(=O)N2. The summed E-state index contributed by atoms with van der Waals surface area (Å²) in [7, 11) is 0. The van der Waals surface area contributed by atoms with Crippen LogP contribution in [-0.2, 0) is 4.79 Å². The molecule has 0 unspecified atom stereocenters. The molecule has 0 radical (unpaired) electrons. The van der Waals surface area contributed by atoms with Crippen molar-refractivity contribution < 1.29 is 9.59 Å². The van der Waals surface area contributed by atoms with Crippen LogP contribution < -0.4 is 5.32 Å². The van der Waals surface area contributed by atoms with Crippen molar-refractivity contribution in [1.29, 1.82) is 0 Å². The van der Waals surface area contributed by atoms with Gasteiger partial charge in [-0.05, 0) is 78.1 Å². The topological polar surface area (TPSA) is 49.4 Å². The van der Waals surface area contributed by atoms with E-state index < -0.39 is 12.1 Å². The van der Waals surface area contributed by atoms with Gasteiger partial charge in [-0.15, -0.1) is 0 Å². The van der Waals surface area contributed by atoms with Gasteiger partial charge < -0.3 is 10.2 Å². The number of aryl methyl sites for hydroxylation is 1. The lowest BCUT2D eigenvalue weighted by atomic mass is 9.96. The summed E-state index contributed by atoms with van der Waals surface area (Å²) in [5, 5.41) is 4.16. The highest BCUT2D eigenvalue weighted by atomic mass is 35.5. The van der Waals surface area contributed by atoms with E-state index in [-0.39, 0.29) is 11.8 Å². The van der Waals surface area contributed by atoms with Crippen LogP contribution in [0.1, 0.15) is 46.1 Å². The summed E-state index contributed by atoms with van der Waals surface area (Å²) in [4.78, 5) is 29.6. The number of nitrogens with zero attached hydrogens (tertiary/aromatic N) is 1. The Hall–Kier alpha value is -3.60. The fourth-order valence-electron chi connectivity index (χ4n) is 4.74. The first-order chi connectivity index (χ1) is 17.3. The molecule has 2 amide bonds. The Kier molecular flexibility index (Phi) is 6.57. The van der Waals surface area contributed by atoms with Crippen molar-refractivity contribution in [3.05, 3.63) is 123 Å². The van der Waals surface area contributed by atoms with Crippen LogP contribution in [0, 0.1) is 6.92 Å². The molecule has 1 N–H and O–H groups in total. The lowest BCUT2D eigenvalue weighted by molar-refractivity contribution is -0.121. The summed E-state index contributed by atoms with van der Waals surface area (Å²) >= 11 is 12.2. The average molecular weight is 515 g/mol. The first-order valence-corrected chi connectivity index (χ1v) is 12.4. The second kappa shape index (κ2) is 9.81. The van der Waals surface area contributed by atoms with E-state index in [0.717, 1.165) is 22.3 Å². The van der Waals surface area contributed by atoms with Crippen molar-refractivity contribution in [2.75, 3.05) is 5.32 Å². The van der Waals surface area contributed by atoms with Crippen LogP contribution in [0.5, 0.6) is 0 Å². The third kappa shape index (κ3) is 4.50. The molecule has 0 saturated heterocycles. The number of carbonyl (C=O) groups is 2. The molecule has 0 saturated carbocycles. The molecule has 0 aliphatic carbocycles. The maximum atomic E-state index is 14.3. The molecular weight excluding hydrogens is 491 g/mol. The van der Waals surface area contributed by atoms with Crippen LogP contribution in [0.3, 0.4) is 0 Å². The first-order valence-electron chi connectivity index (χ1n) is 11.7. The van der Waals surface area contributed by atoms with Crippen LogP contribution in [-0.4, -0.2) is 16.7 Å². The van der Waals surface area contributed by atoms with E-state index in [1.807, 2.05) is 68.4 Å². The molecule has 0 spiro atoms. The molecule has 2 atom stereocenters. The largest absolute Gasteiger partial charge is 0.323 e. The van der Waals surface area contributed by atoms with Crippen molar-refractivity contribution in [3.8, 4) is 11.1 Å². The Morgan fingerprint density at radius 3 is 2.11 bits per heavy atom. The van der Waals surface area contributed by atoms with Crippen molar-refractivity contribution in [2.24, 2.45) is 0 Å². The summed E-state index contributed by atoms with van der Waals surface area (Å²) in [5.74, 6) is -0.518. The van der Waals surface area contributed by atoms with Crippen LogP contribution in [0.25, 0.3) is 11.1 Å². The zero-order chi connectivity index (χ0) is 25.4. The summed E-state index contributed by atoms with van der Waals surface area (Å²) < 4.78 is 0. The normalized spacial score (nSPS) is 16.2. The van der Waals surface area contributed by atoms with E-state index in [1.54, 1.807) is 41.3 Å². The predicted molar refractivity (Wildman–Crippen MR) is 145 cm³/mol. The highest BCUT2D eigenvalue weighted by Gasteiger charge is 2.39. The van der Waals surface area contributed by atoms with Gasteiger partial charge in [-0.3, -0.25) is 9.59 Å². The zero-order valence-electron chi connectivity index (χ0n) is 19.8. The van der Waals surface area contributed by atoms with Gasteiger partial charge in [-0.1, -0.05) is 77.8 Å². The number of hydrogen-bond acceptors (Lipinski definition) is 2. The molecule has 36 heavy (non-hydrogen) atoms. The monoisotopic (exact) mass is 514 g/mol. The molecule has 180 valence electrons. The van der Waals surface area contributed by atoms with Crippen LogP contribution in [0.15, 0.2) is 91.0 Å². The molecule has 1 aliphatic rings. The molecule has 0 bridgehead atoms. The molecule has 1 heterocycles. The summed E-state index contributed by atoms with van der Waals surface area (Å²) in [5.41, 5.74) is 5.55. The Bertz CT molecular complexity index is 1450. The lowest BCUT2D eigenvalue weighted by Gasteiger charge is -2.34. The molecule has 0 fully saturated rings. The Morgan fingerprint density at radius 1 is 0.806 bits per heavy atom. The van der Waals surface area contributed by atoms with Crippen molar-refractivity contribution >= 4 is 40.7 Å². The predicted octanol–water partition coefficient (Wildman–Crippen LogP) is 7.87. The number of hydrogen-bond donors (Lipinski definition) is 1. The Labute approximate surface area is 220 Å². The summed E-state index contributed by atoms with van der Waals surface area (Å²) in [6.07, 6.45) is 0. The van der Waals surface area contributed by atoms with Gasteiger partial charge in [-0.2, -0.15) is 0 Å². The minimum absolute atomic E-state index is 0.235. The van der Waals surface area contributed by atoms with E-state index >= 15 is 0 Å². The molecule has 4 nitrogen and oxygen atoms in total. The van der Waals surface area contributed by atoms with Gasteiger partial charge in [0, 0.05) is 10.0 Å². The van der Waals surface area contributed by atoms with E-state index in [2.05, 4.69) is 5.32 Å². The van der Waals surface area contributed by atoms with Gasteiger partial charge in [0.2, 0.25) is 0 Å². The summed E-state index contributed by atoms with van der Waals surface area (Å²) in [6.45, 7) is 3.96. The van der Waals surface area contributed by atoms with Gasteiger partial charge >= 0.3 is 0 Å². The van der Waals surface area contributed by atoms with Crippen molar-refractivity contribution in [1.82, 2.24) is 4.90 Å². The van der Waals surface area contributed by atoms with Crippen LogP contribution >= 0.6 is 23.2 Å². The molecule has 4 aromatic rings.